The van der Waals surface area contributed by atoms with E-state index >= 15 is 0 Å². The molecule has 5 heteroatoms. The largest absolute Gasteiger partial charge is 0.369 e. The first kappa shape index (κ1) is 13.5. The van der Waals surface area contributed by atoms with Gasteiger partial charge in [0.15, 0.2) is 5.82 Å². The lowest BCUT2D eigenvalue weighted by Gasteiger charge is -2.10. The van der Waals surface area contributed by atoms with Crippen molar-refractivity contribution < 1.29 is 0 Å². The lowest BCUT2D eigenvalue weighted by molar-refractivity contribution is 0.970. The normalized spacial score (nSPS) is 10.9. The van der Waals surface area contributed by atoms with Crippen LogP contribution in [0.25, 0.3) is 22.3 Å². The van der Waals surface area contributed by atoms with E-state index in [4.69, 9.17) is 0 Å². The maximum absolute atomic E-state index is 4.69. The van der Waals surface area contributed by atoms with E-state index in [1.165, 1.54) is 0 Å². The van der Waals surface area contributed by atoms with E-state index in [2.05, 4.69) is 49.6 Å². The summed E-state index contributed by atoms with van der Waals surface area (Å²) in [5.41, 5.74) is 2.03. The van der Waals surface area contributed by atoms with Gasteiger partial charge in [-0.1, -0.05) is 22.9 Å². The average Bonchev–Trinajstić information content (AvgIpc) is 2.99. The molecule has 3 rings (SSSR count). The van der Waals surface area contributed by atoms with Crippen molar-refractivity contribution in [3.05, 3.63) is 39.5 Å². The molecule has 0 amide bonds. The Labute approximate surface area is 130 Å². The average molecular weight is 348 g/mol. The minimum Gasteiger partial charge on any atom is -0.369 e. The molecule has 0 aliphatic heterocycles. The molecule has 2 heterocycles. The Kier molecular flexibility index (Phi) is 3.98. The summed E-state index contributed by atoms with van der Waals surface area (Å²) < 4.78 is 1.04. The Morgan fingerprint density at radius 3 is 2.90 bits per heavy atom. The highest BCUT2D eigenvalue weighted by Gasteiger charge is 2.09. The summed E-state index contributed by atoms with van der Waals surface area (Å²) in [7, 11) is 0. The molecule has 1 N–H and O–H groups in total. The minimum absolute atomic E-state index is 0.777. The van der Waals surface area contributed by atoms with Crippen molar-refractivity contribution >= 4 is 44.0 Å². The summed E-state index contributed by atoms with van der Waals surface area (Å²) in [4.78, 5) is 9.35. The van der Waals surface area contributed by atoms with E-state index in [0.717, 1.165) is 45.5 Å². The quantitative estimate of drug-likeness (QED) is 0.725. The standard InChI is InChI=1S/C15H14BrN3S/c1-2-6-17-15-12-8-11(16)3-4-13(12)18-14(19-15)10-5-7-20-9-10/h3-5,7-9H,2,6H2,1H3,(H,17,18,19). The number of benzene rings is 1. The maximum Gasteiger partial charge on any atom is 0.162 e. The molecule has 0 bridgehead atoms. The van der Waals surface area contributed by atoms with E-state index in [-0.39, 0.29) is 0 Å². The molecule has 0 aliphatic carbocycles. The van der Waals surface area contributed by atoms with Gasteiger partial charge >= 0.3 is 0 Å². The number of anilines is 1. The Hall–Kier alpha value is -1.46. The van der Waals surface area contributed by atoms with Crippen LogP contribution in [0, 0.1) is 0 Å². The second-order valence-corrected chi connectivity index (χ2v) is 6.19. The van der Waals surface area contributed by atoms with Crippen molar-refractivity contribution in [3.63, 3.8) is 0 Å². The van der Waals surface area contributed by atoms with Crippen LogP contribution >= 0.6 is 27.3 Å². The van der Waals surface area contributed by atoms with Gasteiger partial charge in [0.2, 0.25) is 0 Å². The van der Waals surface area contributed by atoms with E-state index < -0.39 is 0 Å². The molecule has 0 saturated carbocycles. The number of nitrogens with zero attached hydrogens (tertiary/aromatic N) is 2. The molecule has 0 spiro atoms. The number of fused-ring (bicyclic) bond motifs is 1. The summed E-state index contributed by atoms with van der Waals surface area (Å²) in [6.07, 6.45) is 1.06. The summed E-state index contributed by atoms with van der Waals surface area (Å²) in [5.74, 6) is 1.68. The van der Waals surface area contributed by atoms with Crippen LogP contribution in [-0.2, 0) is 0 Å². The molecule has 102 valence electrons. The molecule has 0 unspecified atom stereocenters. The van der Waals surface area contributed by atoms with Gasteiger partial charge in [0.25, 0.3) is 0 Å². The Morgan fingerprint density at radius 2 is 2.15 bits per heavy atom. The summed E-state index contributed by atoms with van der Waals surface area (Å²) in [6, 6.07) is 8.14. The predicted octanol–water partition coefficient (Wildman–Crippen LogP) is 4.94. The van der Waals surface area contributed by atoms with E-state index in [1.54, 1.807) is 11.3 Å². The van der Waals surface area contributed by atoms with Crippen LogP contribution in [-0.4, -0.2) is 16.5 Å². The summed E-state index contributed by atoms with van der Waals surface area (Å²) >= 11 is 5.17. The molecule has 1 aromatic carbocycles. The zero-order valence-electron chi connectivity index (χ0n) is 11.1. The zero-order chi connectivity index (χ0) is 13.9. The van der Waals surface area contributed by atoms with Gasteiger partial charge in [-0.3, -0.25) is 0 Å². The van der Waals surface area contributed by atoms with Crippen LogP contribution < -0.4 is 5.32 Å². The number of hydrogen-bond donors (Lipinski definition) is 1. The van der Waals surface area contributed by atoms with Crippen molar-refractivity contribution in [2.45, 2.75) is 13.3 Å². The van der Waals surface area contributed by atoms with Gasteiger partial charge in [0.05, 0.1) is 5.52 Å². The molecule has 0 atom stereocenters. The predicted molar refractivity (Wildman–Crippen MR) is 89.3 cm³/mol. The van der Waals surface area contributed by atoms with Crippen LogP contribution in [0.5, 0.6) is 0 Å². The summed E-state index contributed by atoms with van der Waals surface area (Å²) in [6.45, 7) is 3.05. The number of halogens is 1. The van der Waals surface area contributed by atoms with Crippen LogP contribution in [0.4, 0.5) is 5.82 Å². The van der Waals surface area contributed by atoms with Gasteiger partial charge in [-0.15, -0.1) is 0 Å². The summed E-state index contributed by atoms with van der Waals surface area (Å²) in [5, 5.41) is 8.56. The molecule has 20 heavy (non-hydrogen) atoms. The second-order valence-electron chi connectivity index (χ2n) is 4.50. The van der Waals surface area contributed by atoms with Gasteiger partial charge in [0, 0.05) is 27.3 Å². The molecule has 0 fully saturated rings. The first-order chi connectivity index (χ1) is 9.78. The number of aromatic nitrogens is 2. The van der Waals surface area contributed by atoms with Gasteiger partial charge < -0.3 is 5.32 Å². The SMILES string of the molecule is CCCNc1nc(-c2ccsc2)nc2ccc(Br)cc12. The van der Waals surface area contributed by atoms with Crippen LogP contribution in [0.1, 0.15) is 13.3 Å². The first-order valence-electron chi connectivity index (χ1n) is 6.51. The van der Waals surface area contributed by atoms with Crippen LogP contribution in [0.2, 0.25) is 0 Å². The van der Waals surface area contributed by atoms with Gasteiger partial charge in [-0.25, -0.2) is 9.97 Å². The van der Waals surface area contributed by atoms with Crippen molar-refractivity contribution in [1.82, 2.24) is 9.97 Å². The molecule has 2 aromatic heterocycles. The Morgan fingerprint density at radius 1 is 1.25 bits per heavy atom. The molecule has 3 nitrogen and oxygen atoms in total. The highest BCUT2D eigenvalue weighted by Crippen LogP contribution is 2.28. The zero-order valence-corrected chi connectivity index (χ0v) is 13.5. The van der Waals surface area contributed by atoms with Crippen molar-refractivity contribution in [1.29, 1.82) is 0 Å². The van der Waals surface area contributed by atoms with Gasteiger partial charge in [0.1, 0.15) is 5.82 Å². The highest BCUT2D eigenvalue weighted by molar-refractivity contribution is 9.10. The van der Waals surface area contributed by atoms with E-state index in [0.29, 0.717) is 0 Å². The fourth-order valence-electron chi connectivity index (χ4n) is 2.00. The number of thiophene rings is 1. The number of rotatable bonds is 4. The fourth-order valence-corrected chi connectivity index (χ4v) is 3.00. The van der Waals surface area contributed by atoms with Crippen LogP contribution in [0.3, 0.4) is 0 Å². The van der Waals surface area contributed by atoms with Crippen molar-refractivity contribution in [3.8, 4) is 11.4 Å². The molecule has 0 aliphatic rings. The molecular weight excluding hydrogens is 334 g/mol. The van der Waals surface area contributed by atoms with Crippen LogP contribution in [0.15, 0.2) is 39.5 Å². The monoisotopic (exact) mass is 347 g/mol. The maximum atomic E-state index is 4.69. The first-order valence-corrected chi connectivity index (χ1v) is 8.25. The Balaban J connectivity index is 2.17. The molecule has 3 aromatic rings. The molecular formula is C15H14BrN3S. The third-order valence-corrected chi connectivity index (χ3v) is 4.16. The molecule has 0 saturated heterocycles. The smallest absolute Gasteiger partial charge is 0.162 e. The van der Waals surface area contributed by atoms with Crippen molar-refractivity contribution in [2.24, 2.45) is 0 Å². The Bertz CT molecular complexity index is 725. The van der Waals surface area contributed by atoms with Gasteiger partial charge in [-0.2, -0.15) is 11.3 Å². The minimum atomic E-state index is 0.777. The third-order valence-electron chi connectivity index (χ3n) is 2.98. The fraction of sp³-hybridized carbons (Fsp3) is 0.200. The lowest BCUT2D eigenvalue weighted by Crippen LogP contribution is -2.04. The molecule has 0 radical (unpaired) electrons. The lowest BCUT2D eigenvalue weighted by atomic mass is 10.2. The van der Waals surface area contributed by atoms with E-state index in [9.17, 15) is 0 Å². The van der Waals surface area contributed by atoms with Crippen molar-refractivity contribution in [2.75, 3.05) is 11.9 Å². The number of hydrogen-bond acceptors (Lipinski definition) is 4. The topological polar surface area (TPSA) is 37.8 Å². The van der Waals surface area contributed by atoms with E-state index in [1.807, 2.05) is 23.6 Å². The van der Waals surface area contributed by atoms with Gasteiger partial charge in [-0.05, 0) is 36.1 Å². The number of nitrogens with one attached hydrogen (secondary N) is 1. The third kappa shape index (κ3) is 2.69. The highest BCUT2D eigenvalue weighted by atomic mass is 79.9. The second kappa shape index (κ2) is 5.89.